The van der Waals surface area contributed by atoms with E-state index in [0.29, 0.717) is 5.82 Å². The van der Waals surface area contributed by atoms with Gasteiger partial charge in [-0.05, 0) is 11.4 Å². The molecule has 1 amide bonds. The van der Waals surface area contributed by atoms with Gasteiger partial charge in [0, 0.05) is 37.0 Å². The summed E-state index contributed by atoms with van der Waals surface area (Å²) in [6.07, 6.45) is 0. The lowest BCUT2D eigenvalue weighted by Crippen LogP contribution is -2.38. The van der Waals surface area contributed by atoms with E-state index in [1.54, 1.807) is 18.3 Å². The van der Waals surface area contributed by atoms with E-state index in [9.17, 15) is 4.79 Å². The summed E-state index contributed by atoms with van der Waals surface area (Å²) >= 11 is 1.76. The molecular weight excluding hydrogens is 346 g/mol. The van der Waals surface area contributed by atoms with E-state index in [0.717, 1.165) is 31.0 Å². The summed E-state index contributed by atoms with van der Waals surface area (Å²) in [5.74, 6) is 1.61. The van der Waals surface area contributed by atoms with E-state index in [-0.39, 0.29) is 17.9 Å². The third-order valence-electron chi connectivity index (χ3n) is 4.63. The topological polar surface area (TPSA) is 73.9 Å². The van der Waals surface area contributed by atoms with Crippen LogP contribution in [0.4, 0.5) is 0 Å². The molecule has 1 aromatic carbocycles. The van der Waals surface area contributed by atoms with E-state index in [2.05, 4.69) is 37.9 Å². The maximum atomic E-state index is 11.7. The minimum atomic E-state index is -0.0132. The molecule has 6 nitrogen and oxygen atoms in total. The predicted octanol–water partition coefficient (Wildman–Crippen LogP) is 2.64. The molecule has 26 heavy (non-hydrogen) atoms. The molecule has 2 aromatic heterocycles. The van der Waals surface area contributed by atoms with Crippen LogP contribution in [0.1, 0.15) is 23.5 Å². The summed E-state index contributed by atoms with van der Waals surface area (Å²) in [4.78, 5) is 20.1. The van der Waals surface area contributed by atoms with Crippen LogP contribution in [0.25, 0.3) is 11.4 Å². The molecule has 2 N–H and O–H groups in total. The zero-order chi connectivity index (χ0) is 17.9. The molecule has 3 aromatic rings. The Labute approximate surface area is 156 Å². The SMILES string of the molecule is CC(=O)N[C@@H]1CN(Cc2cccs2)C[C@H]1c1nc(-c2ccccc2)n[nH]1. The number of benzene rings is 1. The molecule has 1 fully saturated rings. The molecular formula is C19H21N5OS. The van der Waals surface area contributed by atoms with Crippen molar-refractivity contribution in [2.75, 3.05) is 13.1 Å². The minimum absolute atomic E-state index is 0.0132. The van der Waals surface area contributed by atoms with E-state index >= 15 is 0 Å². The Morgan fingerprint density at radius 1 is 1.27 bits per heavy atom. The molecule has 134 valence electrons. The Kier molecular flexibility index (Phi) is 4.81. The summed E-state index contributed by atoms with van der Waals surface area (Å²) in [6.45, 7) is 4.11. The van der Waals surface area contributed by atoms with Gasteiger partial charge in [-0.3, -0.25) is 14.8 Å². The normalized spacial score (nSPS) is 20.3. The molecule has 1 aliphatic heterocycles. The third kappa shape index (κ3) is 3.68. The number of H-pyrrole nitrogens is 1. The Balaban J connectivity index is 1.54. The minimum Gasteiger partial charge on any atom is -0.352 e. The van der Waals surface area contributed by atoms with Gasteiger partial charge in [0.1, 0.15) is 5.82 Å². The van der Waals surface area contributed by atoms with Crippen LogP contribution in [0.2, 0.25) is 0 Å². The van der Waals surface area contributed by atoms with Crippen molar-refractivity contribution in [2.45, 2.75) is 25.4 Å². The number of nitrogens with zero attached hydrogens (tertiary/aromatic N) is 3. The molecule has 0 spiro atoms. The molecule has 0 radical (unpaired) electrons. The zero-order valence-corrected chi connectivity index (χ0v) is 15.4. The quantitative estimate of drug-likeness (QED) is 0.727. The molecule has 0 unspecified atom stereocenters. The van der Waals surface area contributed by atoms with Crippen molar-refractivity contribution in [1.29, 1.82) is 0 Å². The van der Waals surface area contributed by atoms with Crippen molar-refractivity contribution in [3.05, 3.63) is 58.5 Å². The first-order chi connectivity index (χ1) is 12.7. The second-order valence-electron chi connectivity index (χ2n) is 6.60. The Bertz CT molecular complexity index is 861. The van der Waals surface area contributed by atoms with Crippen LogP contribution < -0.4 is 5.32 Å². The van der Waals surface area contributed by atoms with Gasteiger partial charge >= 0.3 is 0 Å². The van der Waals surface area contributed by atoms with Crippen molar-refractivity contribution in [2.24, 2.45) is 0 Å². The van der Waals surface area contributed by atoms with Gasteiger partial charge in [-0.15, -0.1) is 11.3 Å². The standard InChI is InChI=1S/C19H21N5OS/c1-13(25)20-17-12-24(10-15-8-5-9-26-15)11-16(17)19-21-18(22-23-19)14-6-3-2-4-7-14/h2-9,16-17H,10-12H2,1H3,(H,20,25)(H,21,22,23)/t16-,17-/m1/s1. The van der Waals surface area contributed by atoms with Crippen LogP contribution in [0, 0.1) is 0 Å². The number of carbonyl (C=O) groups is 1. The highest BCUT2D eigenvalue weighted by atomic mass is 32.1. The highest BCUT2D eigenvalue weighted by Crippen LogP contribution is 2.28. The lowest BCUT2D eigenvalue weighted by Gasteiger charge is -2.16. The smallest absolute Gasteiger partial charge is 0.217 e. The van der Waals surface area contributed by atoms with E-state index in [1.165, 1.54) is 4.88 Å². The Hall–Kier alpha value is -2.51. The molecule has 3 heterocycles. The summed E-state index contributed by atoms with van der Waals surface area (Å²) in [5.41, 5.74) is 0.986. The van der Waals surface area contributed by atoms with Crippen molar-refractivity contribution in [1.82, 2.24) is 25.4 Å². The molecule has 2 atom stereocenters. The third-order valence-corrected chi connectivity index (χ3v) is 5.49. The van der Waals surface area contributed by atoms with Crippen LogP contribution in [-0.2, 0) is 11.3 Å². The Morgan fingerprint density at radius 2 is 2.12 bits per heavy atom. The largest absolute Gasteiger partial charge is 0.352 e. The number of rotatable bonds is 5. The first-order valence-electron chi connectivity index (χ1n) is 8.68. The average Bonchev–Trinajstić information content (AvgIpc) is 3.36. The average molecular weight is 367 g/mol. The zero-order valence-electron chi connectivity index (χ0n) is 14.6. The van der Waals surface area contributed by atoms with Gasteiger partial charge in [-0.1, -0.05) is 36.4 Å². The molecule has 1 saturated heterocycles. The number of aromatic amines is 1. The summed E-state index contributed by atoms with van der Waals surface area (Å²) < 4.78 is 0. The fourth-order valence-corrected chi connectivity index (χ4v) is 4.22. The predicted molar refractivity (Wildman–Crippen MR) is 102 cm³/mol. The lowest BCUT2D eigenvalue weighted by molar-refractivity contribution is -0.119. The van der Waals surface area contributed by atoms with Crippen molar-refractivity contribution < 1.29 is 4.79 Å². The van der Waals surface area contributed by atoms with Crippen LogP contribution in [0.5, 0.6) is 0 Å². The van der Waals surface area contributed by atoms with Gasteiger partial charge in [0.2, 0.25) is 5.91 Å². The van der Waals surface area contributed by atoms with E-state index in [1.807, 2.05) is 30.3 Å². The number of aromatic nitrogens is 3. The number of carbonyl (C=O) groups excluding carboxylic acids is 1. The van der Waals surface area contributed by atoms with Crippen LogP contribution in [-0.4, -0.2) is 45.1 Å². The molecule has 7 heteroatoms. The maximum Gasteiger partial charge on any atom is 0.217 e. The van der Waals surface area contributed by atoms with E-state index < -0.39 is 0 Å². The Morgan fingerprint density at radius 3 is 2.85 bits per heavy atom. The summed E-state index contributed by atoms with van der Waals surface area (Å²) in [6, 6.07) is 14.2. The highest BCUT2D eigenvalue weighted by molar-refractivity contribution is 7.09. The fraction of sp³-hybridized carbons (Fsp3) is 0.316. The van der Waals surface area contributed by atoms with Crippen LogP contribution in [0.15, 0.2) is 47.8 Å². The molecule has 1 aliphatic rings. The number of nitrogens with one attached hydrogen (secondary N) is 2. The molecule has 0 aliphatic carbocycles. The number of hydrogen-bond donors (Lipinski definition) is 2. The summed E-state index contributed by atoms with van der Waals surface area (Å²) in [5, 5.41) is 12.7. The molecule has 0 bridgehead atoms. The first-order valence-corrected chi connectivity index (χ1v) is 9.56. The van der Waals surface area contributed by atoms with Gasteiger partial charge < -0.3 is 5.32 Å². The number of thiophene rings is 1. The number of hydrogen-bond acceptors (Lipinski definition) is 5. The van der Waals surface area contributed by atoms with Gasteiger partial charge in [-0.25, -0.2) is 4.98 Å². The van der Waals surface area contributed by atoms with Gasteiger partial charge in [0.05, 0.1) is 12.0 Å². The van der Waals surface area contributed by atoms with Gasteiger partial charge in [0.25, 0.3) is 0 Å². The first kappa shape index (κ1) is 16.9. The number of likely N-dealkylation sites (tertiary alicyclic amines) is 1. The maximum absolute atomic E-state index is 11.7. The van der Waals surface area contributed by atoms with Crippen LogP contribution >= 0.6 is 11.3 Å². The highest BCUT2D eigenvalue weighted by Gasteiger charge is 2.36. The molecule has 0 saturated carbocycles. The van der Waals surface area contributed by atoms with Crippen LogP contribution in [0.3, 0.4) is 0 Å². The van der Waals surface area contributed by atoms with Crippen molar-refractivity contribution in [3.8, 4) is 11.4 Å². The second-order valence-corrected chi connectivity index (χ2v) is 7.63. The second kappa shape index (κ2) is 7.39. The lowest BCUT2D eigenvalue weighted by atomic mass is 10.0. The van der Waals surface area contributed by atoms with E-state index in [4.69, 9.17) is 4.98 Å². The van der Waals surface area contributed by atoms with Crippen molar-refractivity contribution in [3.63, 3.8) is 0 Å². The fourth-order valence-electron chi connectivity index (χ4n) is 3.48. The van der Waals surface area contributed by atoms with Gasteiger partial charge in [0.15, 0.2) is 5.82 Å². The molecule has 4 rings (SSSR count). The monoisotopic (exact) mass is 367 g/mol. The number of amides is 1. The van der Waals surface area contributed by atoms with Crippen molar-refractivity contribution >= 4 is 17.2 Å². The summed E-state index contributed by atoms with van der Waals surface area (Å²) in [7, 11) is 0. The van der Waals surface area contributed by atoms with Gasteiger partial charge in [-0.2, -0.15) is 5.10 Å².